The lowest BCUT2D eigenvalue weighted by molar-refractivity contribution is 0.509. The van der Waals surface area contributed by atoms with E-state index in [9.17, 15) is 8.78 Å². The van der Waals surface area contributed by atoms with Crippen LogP contribution in [0.25, 0.3) is 0 Å². The van der Waals surface area contributed by atoms with Crippen LogP contribution < -0.4 is 5.32 Å². The first-order chi connectivity index (χ1) is 8.61. The third-order valence-electron chi connectivity index (χ3n) is 2.32. The molecule has 1 N–H and O–H groups in total. The number of hydrogen-bond acceptors (Lipinski definition) is 2. The van der Waals surface area contributed by atoms with Crippen LogP contribution in [0.4, 0.5) is 20.2 Å². The third kappa shape index (κ3) is 2.49. The van der Waals surface area contributed by atoms with Gasteiger partial charge in [0.1, 0.15) is 6.07 Å². The van der Waals surface area contributed by atoms with Gasteiger partial charge < -0.3 is 5.32 Å². The van der Waals surface area contributed by atoms with Crippen LogP contribution in [0.3, 0.4) is 0 Å². The van der Waals surface area contributed by atoms with Crippen LogP contribution in [-0.2, 0) is 0 Å². The monoisotopic (exact) mass is 308 g/mol. The zero-order valence-corrected chi connectivity index (χ0v) is 10.6. The maximum atomic E-state index is 13.1. The highest BCUT2D eigenvalue weighted by Crippen LogP contribution is 2.27. The molecule has 0 spiro atoms. The van der Waals surface area contributed by atoms with E-state index < -0.39 is 11.6 Å². The van der Waals surface area contributed by atoms with E-state index in [1.165, 1.54) is 6.07 Å². The standard InChI is InChI=1S/C13H7BrF2N2/c14-10-2-1-3-13(9(10)7-17)18-8-4-5-11(15)12(16)6-8/h1-6,18H. The molecule has 0 aliphatic heterocycles. The lowest BCUT2D eigenvalue weighted by Gasteiger charge is -2.09. The summed E-state index contributed by atoms with van der Waals surface area (Å²) in [6.45, 7) is 0. The summed E-state index contributed by atoms with van der Waals surface area (Å²) in [4.78, 5) is 0. The second kappa shape index (κ2) is 5.15. The predicted octanol–water partition coefficient (Wildman–Crippen LogP) is 4.34. The van der Waals surface area contributed by atoms with E-state index >= 15 is 0 Å². The van der Waals surface area contributed by atoms with Crippen molar-refractivity contribution in [1.29, 1.82) is 5.26 Å². The van der Waals surface area contributed by atoms with Crippen LogP contribution in [0, 0.1) is 23.0 Å². The van der Waals surface area contributed by atoms with Gasteiger partial charge in [-0.05, 0) is 40.2 Å². The lowest BCUT2D eigenvalue weighted by Crippen LogP contribution is -1.95. The van der Waals surface area contributed by atoms with Crippen molar-refractivity contribution in [2.24, 2.45) is 0 Å². The van der Waals surface area contributed by atoms with Crippen molar-refractivity contribution in [3.63, 3.8) is 0 Å². The number of nitrogens with zero attached hydrogens (tertiary/aromatic N) is 1. The molecule has 2 nitrogen and oxygen atoms in total. The van der Waals surface area contributed by atoms with Crippen LogP contribution in [0.1, 0.15) is 5.56 Å². The first kappa shape index (κ1) is 12.5. The van der Waals surface area contributed by atoms with Crippen molar-refractivity contribution < 1.29 is 8.78 Å². The minimum absolute atomic E-state index is 0.378. The van der Waals surface area contributed by atoms with Gasteiger partial charge in [0.25, 0.3) is 0 Å². The first-order valence-corrected chi connectivity index (χ1v) is 5.82. The summed E-state index contributed by atoms with van der Waals surface area (Å²) >= 11 is 3.25. The Kier molecular flexibility index (Phi) is 3.58. The zero-order chi connectivity index (χ0) is 13.1. The zero-order valence-electron chi connectivity index (χ0n) is 9.05. The lowest BCUT2D eigenvalue weighted by atomic mass is 10.2. The summed E-state index contributed by atoms with van der Waals surface area (Å²) < 4.78 is 26.5. The van der Waals surface area contributed by atoms with E-state index in [-0.39, 0.29) is 0 Å². The van der Waals surface area contributed by atoms with Crippen LogP contribution in [0.15, 0.2) is 40.9 Å². The van der Waals surface area contributed by atoms with Gasteiger partial charge in [0.2, 0.25) is 0 Å². The Hall–Kier alpha value is -1.93. The maximum Gasteiger partial charge on any atom is 0.160 e. The summed E-state index contributed by atoms with van der Waals surface area (Å²) in [6.07, 6.45) is 0. The molecule has 0 unspecified atom stereocenters. The van der Waals surface area contributed by atoms with E-state index in [0.717, 1.165) is 12.1 Å². The smallest absolute Gasteiger partial charge is 0.160 e. The molecule has 0 fully saturated rings. The van der Waals surface area contributed by atoms with E-state index in [1.54, 1.807) is 18.2 Å². The quantitative estimate of drug-likeness (QED) is 0.895. The number of hydrogen-bond donors (Lipinski definition) is 1. The van der Waals surface area contributed by atoms with Gasteiger partial charge in [0.05, 0.1) is 11.3 Å². The molecule has 0 heterocycles. The highest BCUT2D eigenvalue weighted by Gasteiger charge is 2.07. The molecule has 90 valence electrons. The van der Waals surface area contributed by atoms with Crippen LogP contribution >= 0.6 is 15.9 Å². The molecule has 0 bridgehead atoms. The molecule has 0 saturated heterocycles. The number of benzene rings is 2. The summed E-state index contributed by atoms with van der Waals surface area (Å²) in [5, 5.41) is 11.9. The minimum Gasteiger partial charge on any atom is -0.354 e. The van der Waals surface area contributed by atoms with Crippen molar-refractivity contribution in [2.75, 3.05) is 5.32 Å². The van der Waals surface area contributed by atoms with Gasteiger partial charge in [-0.2, -0.15) is 5.26 Å². The molecular formula is C13H7BrF2N2. The van der Waals surface area contributed by atoms with Crippen molar-refractivity contribution >= 4 is 27.3 Å². The van der Waals surface area contributed by atoms with Gasteiger partial charge in [-0.25, -0.2) is 8.78 Å². The first-order valence-electron chi connectivity index (χ1n) is 5.02. The summed E-state index contributed by atoms with van der Waals surface area (Å²) in [5.74, 6) is -1.84. The fourth-order valence-corrected chi connectivity index (χ4v) is 1.93. The predicted molar refractivity (Wildman–Crippen MR) is 68.5 cm³/mol. The van der Waals surface area contributed by atoms with Gasteiger partial charge in [-0.3, -0.25) is 0 Å². The Bertz CT molecular complexity index is 635. The number of halogens is 3. The van der Waals surface area contributed by atoms with Gasteiger partial charge in [0.15, 0.2) is 11.6 Å². The van der Waals surface area contributed by atoms with E-state index in [0.29, 0.717) is 21.4 Å². The second-order valence-electron chi connectivity index (χ2n) is 3.53. The Balaban J connectivity index is 2.37. The van der Waals surface area contributed by atoms with E-state index in [4.69, 9.17) is 5.26 Å². The number of anilines is 2. The fourth-order valence-electron chi connectivity index (χ4n) is 1.47. The molecule has 0 saturated carbocycles. The Morgan fingerprint density at radius 1 is 1.11 bits per heavy atom. The number of nitriles is 1. The maximum absolute atomic E-state index is 13.1. The number of nitrogens with one attached hydrogen (secondary N) is 1. The molecule has 0 atom stereocenters. The molecule has 2 rings (SSSR count). The SMILES string of the molecule is N#Cc1c(Br)cccc1Nc1ccc(F)c(F)c1. The molecular weight excluding hydrogens is 302 g/mol. The summed E-state index contributed by atoms with van der Waals surface area (Å²) in [7, 11) is 0. The molecule has 0 radical (unpaired) electrons. The average Bonchev–Trinajstić information content (AvgIpc) is 2.34. The highest BCUT2D eigenvalue weighted by molar-refractivity contribution is 9.10. The van der Waals surface area contributed by atoms with Crippen molar-refractivity contribution in [3.05, 3.63) is 58.1 Å². The van der Waals surface area contributed by atoms with Crippen molar-refractivity contribution in [1.82, 2.24) is 0 Å². The molecule has 0 aliphatic carbocycles. The van der Waals surface area contributed by atoms with Crippen LogP contribution in [-0.4, -0.2) is 0 Å². The van der Waals surface area contributed by atoms with Gasteiger partial charge >= 0.3 is 0 Å². The second-order valence-corrected chi connectivity index (χ2v) is 4.38. The number of rotatable bonds is 2. The molecule has 2 aromatic rings. The third-order valence-corrected chi connectivity index (χ3v) is 2.98. The largest absolute Gasteiger partial charge is 0.354 e. The van der Waals surface area contributed by atoms with Crippen LogP contribution in [0.2, 0.25) is 0 Å². The van der Waals surface area contributed by atoms with Gasteiger partial charge in [-0.1, -0.05) is 6.07 Å². The Labute approximate surface area is 111 Å². The molecule has 18 heavy (non-hydrogen) atoms. The molecule has 0 aromatic heterocycles. The van der Waals surface area contributed by atoms with Gasteiger partial charge in [-0.15, -0.1) is 0 Å². The van der Waals surface area contributed by atoms with E-state index in [2.05, 4.69) is 21.2 Å². The minimum atomic E-state index is -0.937. The molecule has 0 amide bonds. The van der Waals surface area contributed by atoms with Gasteiger partial charge in [0, 0.05) is 16.2 Å². The van der Waals surface area contributed by atoms with E-state index in [1.807, 2.05) is 6.07 Å². The fraction of sp³-hybridized carbons (Fsp3) is 0. The molecule has 0 aliphatic rings. The normalized spacial score (nSPS) is 9.89. The highest BCUT2D eigenvalue weighted by atomic mass is 79.9. The Morgan fingerprint density at radius 3 is 2.56 bits per heavy atom. The average molecular weight is 309 g/mol. The molecule has 5 heteroatoms. The summed E-state index contributed by atoms with van der Waals surface area (Å²) in [6, 6.07) is 10.7. The molecule has 2 aromatic carbocycles. The van der Waals surface area contributed by atoms with Crippen LogP contribution in [0.5, 0.6) is 0 Å². The summed E-state index contributed by atoms with van der Waals surface area (Å²) in [5.41, 5.74) is 1.31. The van der Waals surface area contributed by atoms with Crippen molar-refractivity contribution in [2.45, 2.75) is 0 Å². The topological polar surface area (TPSA) is 35.8 Å². The Morgan fingerprint density at radius 2 is 1.89 bits per heavy atom. The van der Waals surface area contributed by atoms with Crippen molar-refractivity contribution in [3.8, 4) is 6.07 Å².